The Bertz CT molecular complexity index is 536. The van der Waals surface area contributed by atoms with Crippen LogP contribution in [0.5, 0.6) is 0 Å². The molecule has 2 N–H and O–H groups in total. The third-order valence-electron chi connectivity index (χ3n) is 3.60. The number of nitrogens with zero attached hydrogens (tertiary/aromatic N) is 1. The van der Waals surface area contributed by atoms with E-state index in [1.807, 2.05) is 6.07 Å². The van der Waals surface area contributed by atoms with Crippen LogP contribution in [-0.4, -0.2) is 21.5 Å². The van der Waals surface area contributed by atoms with Crippen LogP contribution in [0.2, 0.25) is 0 Å². The fraction of sp³-hybridized carbons (Fsp3) is 0.455. The van der Waals surface area contributed by atoms with E-state index in [0.717, 1.165) is 31.5 Å². The van der Waals surface area contributed by atoms with Crippen molar-refractivity contribution in [1.82, 2.24) is 0 Å². The summed E-state index contributed by atoms with van der Waals surface area (Å²) in [4.78, 5) is 2.56. The maximum absolute atomic E-state index is 11.3. The van der Waals surface area contributed by atoms with E-state index in [-0.39, 0.29) is 17.3 Å². The third-order valence-corrected chi connectivity index (χ3v) is 4.51. The van der Waals surface area contributed by atoms with Gasteiger partial charge in [-0.25, -0.2) is 13.6 Å². The number of benzene rings is 1. The van der Waals surface area contributed by atoms with Crippen LogP contribution in [0.1, 0.15) is 24.3 Å². The lowest BCUT2D eigenvalue weighted by Crippen LogP contribution is -2.38. The van der Waals surface area contributed by atoms with Gasteiger partial charge in [-0.15, -0.1) is 12.4 Å². The van der Waals surface area contributed by atoms with Gasteiger partial charge in [-0.05, 0) is 42.5 Å². The largest absolute Gasteiger partial charge is 0.371 e. The molecule has 17 heavy (non-hydrogen) atoms. The van der Waals surface area contributed by atoms with Gasteiger partial charge in [0.05, 0.1) is 4.90 Å². The number of anilines is 1. The predicted octanol–water partition coefficient (Wildman–Crippen LogP) is 1.45. The van der Waals surface area contributed by atoms with E-state index in [2.05, 4.69) is 4.90 Å². The van der Waals surface area contributed by atoms with Crippen LogP contribution in [-0.2, 0) is 10.0 Å². The SMILES string of the molecule is Cl.NS(=O)(=O)c1ccc2c(c1)C1CCN2CC1. The Morgan fingerprint density at radius 3 is 2.47 bits per heavy atom. The van der Waals surface area contributed by atoms with E-state index in [1.54, 1.807) is 12.1 Å². The Balaban J connectivity index is 0.00000108. The minimum absolute atomic E-state index is 0. The minimum Gasteiger partial charge on any atom is -0.371 e. The molecule has 1 aromatic rings. The molecule has 1 aromatic carbocycles. The molecule has 4 nitrogen and oxygen atoms in total. The van der Waals surface area contributed by atoms with E-state index in [9.17, 15) is 8.42 Å². The summed E-state index contributed by atoms with van der Waals surface area (Å²) in [6.07, 6.45) is 2.25. The summed E-state index contributed by atoms with van der Waals surface area (Å²) in [7, 11) is -3.57. The Morgan fingerprint density at radius 1 is 1.24 bits per heavy atom. The lowest BCUT2D eigenvalue weighted by Gasteiger charge is -2.42. The summed E-state index contributed by atoms with van der Waals surface area (Å²) in [6, 6.07) is 5.25. The highest BCUT2D eigenvalue weighted by Crippen LogP contribution is 2.42. The van der Waals surface area contributed by atoms with Crippen molar-refractivity contribution in [2.24, 2.45) is 5.14 Å². The summed E-state index contributed by atoms with van der Waals surface area (Å²) >= 11 is 0. The van der Waals surface area contributed by atoms with Crippen LogP contribution in [0.25, 0.3) is 0 Å². The van der Waals surface area contributed by atoms with Gasteiger partial charge in [0.15, 0.2) is 0 Å². The number of halogens is 1. The highest BCUT2D eigenvalue weighted by Gasteiger charge is 2.31. The maximum atomic E-state index is 11.3. The number of primary sulfonamides is 1. The molecule has 0 aliphatic carbocycles. The first-order valence-electron chi connectivity index (χ1n) is 5.47. The molecular weight excluding hydrogens is 260 g/mol. The van der Waals surface area contributed by atoms with Crippen molar-refractivity contribution in [3.05, 3.63) is 23.8 Å². The van der Waals surface area contributed by atoms with Crippen LogP contribution in [0, 0.1) is 0 Å². The lowest BCUT2D eigenvalue weighted by atomic mass is 9.83. The number of nitrogens with two attached hydrogens (primary N) is 1. The van der Waals surface area contributed by atoms with Crippen molar-refractivity contribution in [2.75, 3.05) is 18.0 Å². The quantitative estimate of drug-likeness (QED) is 0.843. The van der Waals surface area contributed by atoms with E-state index in [0.29, 0.717) is 5.92 Å². The van der Waals surface area contributed by atoms with Crippen LogP contribution in [0.4, 0.5) is 5.69 Å². The fourth-order valence-electron chi connectivity index (χ4n) is 2.76. The minimum atomic E-state index is -3.57. The lowest BCUT2D eigenvalue weighted by molar-refractivity contribution is 0.473. The van der Waals surface area contributed by atoms with Crippen molar-refractivity contribution in [3.63, 3.8) is 0 Å². The van der Waals surface area contributed by atoms with E-state index < -0.39 is 10.0 Å². The molecule has 0 atom stereocenters. The number of hydrogen-bond acceptors (Lipinski definition) is 3. The van der Waals surface area contributed by atoms with Gasteiger partial charge in [0.25, 0.3) is 0 Å². The Kier molecular flexibility index (Phi) is 3.10. The van der Waals surface area contributed by atoms with Gasteiger partial charge in [0.1, 0.15) is 0 Å². The summed E-state index contributed by atoms with van der Waals surface area (Å²) in [6.45, 7) is 2.18. The van der Waals surface area contributed by atoms with E-state index >= 15 is 0 Å². The molecule has 0 unspecified atom stereocenters. The van der Waals surface area contributed by atoms with Crippen molar-refractivity contribution in [1.29, 1.82) is 0 Å². The number of sulfonamides is 1. The molecule has 0 spiro atoms. The molecule has 6 heteroatoms. The zero-order valence-corrected chi connectivity index (χ0v) is 10.9. The van der Waals surface area contributed by atoms with E-state index in [1.165, 1.54) is 5.69 Å². The van der Waals surface area contributed by atoms with Crippen molar-refractivity contribution >= 4 is 28.1 Å². The second kappa shape index (κ2) is 4.15. The maximum Gasteiger partial charge on any atom is 0.238 e. The van der Waals surface area contributed by atoms with E-state index in [4.69, 9.17) is 5.14 Å². The third kappa shape index (κ3) is 2.03. The van der Waals surface area contributed by atoms with Gasteiger partial charge in [-0.1, -0.05) is 0 Å². The van der Waals surface area contributed by atoms with Crippen molar-refractivity contribution in [3.8, 4) is 0 Å². The Labute approximate surface area is 107 Å². The molecule has 2 bridgehead atoms. The highest BCUT2D eigenvalue weighted by atomic mass is 35.5. The first-order valence-corrected chi connectivity index (χ1v) is 7.02. The van der Waals surface area contributed by atoms with Crippen LogP contribution < -0.4 is 10.0 Å². The molecule has 0 saturated carbocycles. The second-order valence-electron chi connectivity index (χ2n) is 4.53. The van der Waals surface area contributed by atoms with Gasteiger partial charge in [0, 0.05) is 18.8 Å². The molecule has 1 saturated heterocycles. The highest BCUT2D eigenvalue weighted by molar-refractivity contribution is 7.89. The number of hydrogen-bond donors (Lipinski definition) is 1. The molecule has 0 amide bonds. The molecule has 3 aliphatic heterocycles. The van der Waals surface area contributed by atoms with Gasteiger partial charge >= 0.3 is 0 Å². The van der Waals surface area contributed by atoms with Gasteiger partial charge < -0.3 is 4.90 Å². The van der Waals surface area contributed by atoms with Crippen LogP contribution >= 0.6 is 12.4 Å². The molecule has 94 valence electrons. The zero-order valence-electron chi connectivity index (χ0n) is 9.30. The molecule has 1 fully saturated rings. The summed E-state index contributed by atoms with van der Waals surface area (Å²) in [5, 5.41) is 5.15. The Hall–Kier alpha value is -0.780. The summed E-state index contributed by atoms with van der Waals surface area (Å²) in [5.41, 5.74) is 2.35. The molecule has 3 aliphatic rings. The summed E-state index contributed by atoms with van der Waals surface area (Å²) < 4.78 is 22.6. The topological polar surface area (TPSA) is 63.4 Å². The summed E-state index contributed by atoms with van der Waals surface area (Å²) in [5.74, 6) is 0.515. The number of rotatable bonds is 1. The first-order chi connectivity index (χ1) is 7.55. The zero-order chi connectivity index (χ0) is 11.3. The molecule has 0 aromatic heterocycles. The molecular formula is C11H15ClN2O2S. The fourth-order valence-corrected chi connectivity index (χ4v) is 3.30. The van der Waals surface area contributed by atoms with Crippen molar-refractivity contribution < 1.29 is 8.42 Å². The molecule has 4 rings (SSSR count). The van der Waals surface area contributed by atoms with Gasteiger partial charge in [-0.2, -0.15) is 0 Å². The molecule has 3 heterocycles. The predicted molar refractivity (Wildman–Crippen MR) is 69.3 cm³/mol. The van der Waals surface area contributed by atoms with Crippen LogP contribution in [0.3, 0.4) is 0 Å². The number of fused-ring (bicyclic) bond motifs is 2. The smallest absolute Gasteiger partial charge is 0.238 e. The average Bonchev–Trinajstić information content (AvgIpc) is 2.29. The number of piperidine rings is 1. The monoisotopic (exact) mass is 274 g/mol. The normalized spacial score (nSPS) is 18.8. The Morgan fingerprint density at radius 2 is 1.88 bits per heavy atom. The average molecular weight is 275 g/mol. The van der Waals surface area contributed by atoms with Gasteiger partial charge in [-0.3, -0.25) is 0 Å². The standard InChI is InChI=1S/C11H14N2O2S.ClH/c12-16(14,15)9-1-2-11-10(7-9)8-3-5-13(11)6-4-8;/h1-2,7-8H,3-6H2,(H2,12,14,15);1H. The first kappa shape index (κ1) is 12.7. The van der Waals surface area contributed by atoms with Gasteiger partial charge in [0.2, 0.25) is 10.0 Å². The van der Waals surface area contributed by atoms with Crippen molar-refractivity contribution in [2.45, 2.75) is 23.7 Å². The molecule has 0 radical (unpaired) electrons. The van der Waals surface area contributed by atoms with Crippen LogP contribution in [0.15, 0.2) is 23.1 Å². The second-order valence-corrected chi connectivity index (χ2v) is 6.09.